The first-order valence-electron chi connectivity index (χ1n) is 6.18. The number of nitrogens with one attached hydrogen (secondary N) is 1. The van der Waals surface area contributed by atoms with Crippen molar-refractivity contribution >= 4 is 5.97 Å². The van der Waals surface area contributed by atoms with Gasteiger partial charge >= 0.3 is 5.97 Å². The molecule has 1 rings (SSSR count). The highest BCUT2D eigenvalue weighted by atomic mass is 16.5. The van der Waals surface area contributed by atoms with Crippen LogP contribution in [0.4, 0.5) is 0 Å². The van der Waals surface area contributed by atoms with E-state index in [1.807, 2.05) is 45.2 Å². The fourth-order valence-electron chi connectivity index (χ4n) is 1.80. The number of hydrogen-bond acceptors (Lipinski definition) is 3. The lowest BCUT2D eigenvalue weighted by molar-refractivity contribution is -0.137. The summed E-state index contributed by atoms with van der Waals surface area (Å²) in [6.45, 7) is 3.97. The van der Waals surface area contributed by atoms with E-state index in [-0.39, 0.29) is 18.6 Å². The molecular weight excluding hydrogens is 230 g/mol. The third kappa shape index (κ3) is 4.75. The van der Waals surface area contributed by atoms with Crippen LogP contribution < -0.4 is 10.1 Å². The molecule has 2 N–H and O–H groups in total. The number of carbonyl (C=O) groups is 1. The highest BCUT2D eigenvalue weighted by molar-refractivity contribution is 5.66. The Morgan fingerprint density at radius 3 is 2.39 bits per heavy atom. The Morgan fingerprint density at radius 1 is 1.33 bits per heavy atom. The number of rotatable bonds is 7. The van der Waals surface area contributed by atoms with Crippen LogP contribution in [0, 0.1) is 0 Å². The number of hydrogen-bond donors (Lipinski definition) is 2. The van der Waals surface area contributed by atoms with Gasteiger partial charge in [0, 0.05) is 12.5 Å². The summed E-state index contributed by atoms with van der Waals surface area (Å²) in [5.41, 5.74) is 1.08. The normalized spacial score (nSPS) is 12.4. The number of carboxylic acids is 1. The molecule has 1 aromatic rings. The summed E-state index contributed by atoms with van der Waals surface area (Å²) >= 11 is 0. The number of carboxylic acid groups (broad SMARTS) is 1. The Labute approximate surface area is 108 Å². The van der Waals surface area contributed by atoms with Crippen molar-refractivity contribution in [1.29, 1.82) is 0 Å². The summed E-state index contributed by atoms with van der Waals surface area (Å²) < 4.78 is 5.57. The van der Waals surface area contributed by atoms with Crippen LogP contribution >= 0.6 is 0 Å². The lowest BCUT2D eigenvalue weighted by Gasteiger charge is -2.16. The minimum absolute atomic E-state index is 0.0641. The maximum atomic E-state index is 10.6. The van der Waals surface area contributed by atoms with Gasteiger partial charge in [-0.1, -0.05) is 12.1 Å². The molecule has 0 aliphatic carbocycles. The van der Waals surface area contributed by atoms with Crippen molar-refractivity contribution < 1.29 is 14.6 Å². The van der Waals surface area contributed by atoms with Gasteiger partial charge in [0.15, 0.2) is 0 Å². The Bertz CT molecular complexity index is 373. The minimum Gasteiger partial charge on any atom is -0.491 e. The van der Waals surface area contributed by atoms with Crippen LogP contribution in [0.25, 0.3) is 0 Å². The van der Waals surface area contributed by atoms with Crippen molar-refractivity contribution in [1.82, 2.24) is 5.32 Å². The Balaban J connectivity index is 2.66. The van der Waals surface area contributed by atoms with Crippen LogP contribution in [-0.4, -0.2) is 24.2 Å². The van der Waals surface area contributed by atoms with Gasteiger partial charge < -0.3 is 15.2 Å². The molecule has 0 fully saturated rings. The summed E-state index contributed by atoms with van der Waals surface area (Å²) in [6, 6.07) is 7.84. The van der Waals surface area contributed by atoms with Crippen molar-refractivity contribution in [3.05, 3.63) is 29.8 Å². The van der Waals surface area contributed by atoms with Crippen LogP contribution in [0.1, 0.15) is 38.3 Å². The third-order valence-electron chi connectivity index (χ3n) is 2.65. The molecule has 0 spiro atoms. The molecule has 0 aliphatic heterocycles. The summed E-state index contributed by atoms with van der Waals surface area (Å²) in [5.74, 6) is 0.0665. The SMILES string of the molecule is CNC(CCC(=O)O)c1ccc(OC(C)C)cc1. The standard InChI is InChI=1S/C14H21NO3/c1-10(2)18-12-6-4-11(5-7-12)13(15-3)8-9-14(16)17/h4-7,10,13,15H,8-9H2,1-3H3,(H,16,17). The van der Waals surface area contributed by atoms with Crippen molar-refractivity contribution in [3.63, 3.8) is 0 Å². The van der Waals surface area contributed by atoms with Gasteiger partial charge in [0.1, 0.15) is 5.75 Å². The van der Waals surface area contributed by atoms with Crippen LogP contribution in [0.5, 0.6) is 5.75 Å². The van der Waals surface area contributed by atoms with E-state index in [1.54, 1.807) is 0 Å². The topological polar surface area (TPSA) is 58.6 Å². The second-order valence-electron chi connectivity index (χ2n) is 4.51. The van der Waals surface area contributed by atoms with E-state index in [1.165, 1.54) is 0 Å². The molecule has 0 radical (unpaired) electrons. The Kier molecular flexibility index (Phi) is 5.65. The van der Waals surface area contributed by atoms with E-state index in [4.69, 9.17) is 9.84 Å². The molecule has 0 bridgehead atoms. The molecule has 1 aromatic carbocycles. The maximum absolute atomic E-state index is 10.6. The van der Waals surface area contributed by atoms with Crippen molar-refractivity contribution in [3.8, 4) is 5.75 Å². The van der Waals surface area contributed by atoms with Crippen LogP contribution in [0.2, 0.25) is 0 Å². The van der Waals surface area contributed by atoms with Crippen LogP contribution in [0.15, 0.2) is 24.3 Å². The second-order valence-corrected chi connectivity index (χ2v) is 4.51. The molecule has 0 heterocycles. The molecule has 1 unspecified atom stereocenters. The van der Waals surface area contributed by atoms with Crippen molar-refractivity contribution in [2.45, 2.75) is 38.8 Å². The van der Waals surface area contributed by atoms with Gasteiger partial charge in [-0.3, -0.25) is 4.79 Å². The van der Waals surface area contributed by atoms with E-state index < -0.39 is 5.97 Å². The van der Waals surface area contributed by atoms with E-state index >= 15 is 0 Å². The lowest BCUT2D eigenvalue weighted by Crippen LogP contribution is -2.17. The Morgan fingerprint density at radius 2 is 1.94 bits per heavy atom. The van der Waals surface area contributed by atoms with Gasteiger partial charge in [-0.25, -0.2) is 0 Å². The molecule has 100 valence electrons. The molecular formula is C14H21NO3. The quantitative estimate of drug-likeness (QED) is 0.782. The zero-order valence-corrected chi connectivity index (χ0v) is 11.1. The Hall–Kier alpha value is -1.55. The molecule has 0 amide bonds. The molecule has 0 aromatic heterocycles. The van der Waals surface area contributed by atoms with Crippen molar-refractivity contribution in [2.75, 3.05) is 7.05 Å². The van der Waals surface area contributed by atoms with Gasteiger partial charge in [0.2, 0.25) is 0 Å². The fourth-order valence-corrected chi connectivity index (χ4v) is 1.80. The average molecular weight is 251 g/mol. The fraction of sp³-hybridized carbons (Fsp3) is 0.500. The number of aliphatic carboxylic acids is 1. The lowest BCUT2D eigenvalue weighted by atomic mass is 10.0. The largest absolute Gasteiger partial charge is 0.491 e. The number of benzene rings is 1. The predicted molar refractivity (Wildman–Crippen MR) is 70.9 cm³/mol. The molecule has 0 saturated carbocycles. The molecule has 0 saturated heterocycles. The molecule has 18 heavy (non-hydrogen) atoms. The van der Waals surface area contributed by atoms with E-state index in [2.05, 4.69) is 5.32 Å². The molecule has 4 nitrogen and oxygen atoms in total. The summed E-state index contributed by atoms with van der Waals surface area (Å²) in [4.78, 5) is 10.6. The van der Waals surface area contributed by atoms with E-state index in [0.29, 0.717) is 6.42 Å². The van der Waals surface area contributed by atoms with Crippen LogP contribution in [-0.2, 0) is 4.79 Å². The average Bonchev–Trinajstić information content (AvgIpc) is 2.31. The smallest absolute Gasteiger partial charge is 0.303 e. The third-order valence-corrected chi connectivity index (χ3v) is 2.65. The molecule has 1 atom stereocenters. The molecule has 0 aliphatic rings. The van der Waals surface area contributed by atoms with Crippen LogP contribution in [0.3, 0.4) is 0 Å². The van der Waals surface area contributed by atoms with E-state index in [0.717, 1.165) is 11.3 Å². The summed E-state index contributed by atoms with van der Waals surface area (Å²) in [5, 5.41) is 11.8. The van der Waals surface area contributed by atoms with Gasteiger partial charge in [-0.15, -0.1) is 0 Å². The summed E-state index contributed by atoms with van der Waals surface area (Å²) in [6.07, 6.45) is 0.898. The maximum Gasteiger partial charge on any atom is 0.303 e. The van der Waals surface area contributed by atoms with Gasteiger partial charge in [0.05, 0.1) is 6.10 Å². The number of ether oxygens (including phenoxy) is 1. The first-order chi connectivity index (χ1) is 8.52. The highest BCUT2D eigenvalue weighted by Crippen LogP contribution is 2.21. The van der Waals surface area contributed by atoms with E-state index in [9.17, 15) is 4.79 Å². The first kappa shape index (κ1) is 14.5. The zero-order valence-electron chi connectivity index (χ0n) is 11.1. The zero-order chi connectivity index (χ0) is 13.5. The minimum atomic E-state index is -0.769. The highest BCUT2D eigenvalue weighted by Gasteiger charge is 2.11. The summed E-state index contributed by atoms with van der Waals surface area (Å²) in [7, 11) is 1.84. The monoisotopic (exact) mass is 251 g/mol. The van der Waals surface area contributed by atoms with Crippen molar-refractivity contribution in [2.24, 2.45) is 0 Å². The molecule has 4 heteroatoms. The van der Waals surface area contributed by atoms with Gasteiger partial charge in [-0.05, 0) is 45.0 Å². The van der Waals surface area contributed by atoms with Gasteiger partial charge in [0.25, 0.3) is 0 Å². The predicted octanol–water partition coefficient (Wildman–Crippen LogP) is 2.60. The van der Waals surface area contributed by atoms with Gasteiger partial charge in [-0.2, -0.15) is 0 Å². The first-order valence-corrected chi connectivity index (χ1v) is 6.18. The second kappa shape index (κ2) is 7.01.